The van der Waals surface area contributed by atoms with Gasteiger partial charge in [-0.1, -0.05) is 15.9 Å². The summed E-state index contributed by atoms with van der Waals surface area (Å²) in [6.45, 7) is 5.22. The lowest BCUT2D eigenvalue weighted by Gasteiger charge is -2.02. The Bertz CT molecular complexity index is 230. The largest absolute Gasteiger partial charge is 0.335 e. The fraction of sp³-hybridized carbons (Fsp3) is 0.625. The van der Waals surface area contributed by atoms with Gasteiger partial charge in [-0.3, -0.25) is 0 Å². The first kappa shape index (κ1) is 8.78. The fourth-order valence-corrected chi connectivity index (χ4v) is 1.25. The third-order valence-corrected chi connectivity index (χ3v) is 2.44. The molecule has 0 atom stereocenters. The maximum Gasteiger partial charge on any atom is 0.0951 e. The van der Waals surface area contributed by atoms with Crippen molar-refractivity contribution >= 4 is 15.9 Å². The van der Waals surface area contributed by atoms with Gasteiger partial charge < -0.3 is 4.57 Å². The van der Waals surface area contributed by atoms with E-state index in [2.05, 4.69) is 32.4 Å². The average Bonchev–Trinajstić information content (AvgIpc) is 2.31. The lowest BCUT2D eigenvalue weighted by molar-refractivity contribution is 0.667. The smallest absolute Gasteiger partial charge is 0.0951 e. The average molecular weight is 217 g/mol. The number of hydrogen-bond donors (Lipinski definition) is 0. The molecule has 0 aliphatic rings. The minimum Gasteiger partial charge on any atom is -0.335 e. The second-order valence-corrected chi connectivity index (χ2v) is 3.44. The summed E-state index contributed by atoms with van der Waals surface area (Å²) in [7, 11) is 0. The monoisotopic (exact) mass is 216 g/mol. The Labute approximate surface area is 75.8 Å². The van der Waals surface area contributed by atoms with Crippen molar-refractivity contribution in [1.29, 1.82) is 0 Å². The van der Waals surface area contributed by atoms with E-state index in [9.17, 15) is 0 Å². The third-order valence-electron chi connectivity index (χ3n) is 1.88. The van der Waals surface area contributed by atoms with Gasteiger partial charge in [0.1, 0.15) is 0 Å². The SMILES string of the molecule is Cc1ncn(CCCBr)c1C. The minimum atomic E-state index is 1.06. The Morgan fingerprint density at radius 3 is 2.73 bits per heavy atom. The number of aromatic nitrogens is 2. The van der Waals surface area contributed by atoms with E-state index in [-0.39, 0.29) is 0 Å². The van der Waals surface area contributed by atoms with E-state index in [1.54, 1.807) is 0 Å². The number of nitrogens with zero attached hydrogens (tertiary/aromatic N) is 2. The Balaban J connectivity index is 2.63. The predicted molar refractivity (Wildman–Crippen MR) is 50.1 cm³/mol. The molecule has 1 aromatic rings. The quantitative estimate of drug-likeness (QED) is 0.710. The summed E-state index contributed by atoms with van der Waals surface area (Å²) < 4.78 is 2.19. The summed E-state index contributed by atoms with van der Waals surface area (Å²) >= 11 is 3.40. The van der Waals surface area contributed by atoms with Crippen molar-refractivity contribution in [2.75, 3.05) is 5.33 Å². The molecule has 0 saturated heterocycles. The topological polar surface area (TPSA) is 17.8 Å². The van der Waals surface area contributed by atoms with Gasteiger partial charge in [-0.15, -0.1) is 0 Å². The summed E-state index contributed by atoms with van der Waals surface area (Å²) in [4.78, 5) is 4.22. The zero-order valence-electron chi connectivity index (χ0n) is 6.97. The first-order chi connectivity index (χ1) is 5.25. The molecule has 1 heterocycles. The van der Waals surface area contributed by atoms with Gasteiger partial charge >= 0.3 is 0 Å². The number of hydrogen-bond acceptors (Lipinski definition) is 1. The van der Waals surface area contributed by atoms with Gasteiger partial charge in [-0.25, -0.2) is 4.98 Å². The predicted octanol–water partition coefficient (Wildman–Crippen LogP) is 2.28. The molecule has 3 heteroatoms. The van der Waals surface area contributed by atoms with Crippen molar-refractivity contribution in [3.05, 3.63) is 17.7 Å². The molecule has 0 aliphatic heterocycles. The summed E-state index contributed by atoms with van der Waals surface area (Å²) in [5.41, 5.74) is 2.42. The van der Waals surface area contributed by atoms with Gasteiger partial charge in [0.05, 0.1) is 12.0 Å². The van der Waals surface area contributed by atoms with Gasteiger partial charge in [0, 0.05) is 17.6 Å². The van der Waals surface area contributed by atoms with Crippen LogP contribution in [0.25, 0.3) is 0 Å². The summed E-state index contributed by atoms with van der Waals surface area (Å²) in [5.74, 6) is 0. The Hall–Kier alpha value is -0.310. The molecule has 0 saturated carbocycles. The van der Waals surface area contributed by atoms with Crippen molar-refractivity contribution in [2.24, 2.45) is 0 Å². The van der Waals surface area contributed by atoms with Crippen molar-refractivity contribution in [2.45, 2.75) is 26.8 Å². The summed E-state index contributed by atoms with van der Waals surface area (Å²) in [5, 5.41) is 1.06. The number of rotatable bonds is 3. The van der Waals surface area contributed by atoms with E-state index >= 15 is 0 Å². The van der Waals surface area contributed by atoms with Crippen LogP contribution in [0.2, 0.25) is 0 Å². The van der Waals surface area contributed by atoms with E-state index in [0.29, 0.717) is 0 Å². The van der Waals surface area contributed by atoms with Crippen LogP contribution in [0.15, 0.2) is 6.33 Å². The summed E-state index contributed by atoms with van der Waals surface area (Å²) in [6, 6.07) is 0. The molecule has 0 radical (unpaired) electrons. The second kappa shape index (κ2) is 3.90. The molecular weight excluding hydrogens is 204 g/mol. The number of aryl methyl sites for hydroxylation is 2. The van der Waals surface area contributed by atoms with Crippen LogP contribution in [-0.4, -0.2) is 14.9 Å². The van der Waals surface area contributed by atoms with Gasteiger partial charge in [-0.2, -0.15) is 0 Å². The molecule has 0 amide bonds. The molecule has 11 heavy (non-hydrogen) atoms. The van der Waals surface area contributed by atoms with Crippen LogP contribution >= 0.6 is 15.9 Å². The van der Waals surface area contributed by atoms with E-state index in [0.717, 1.165) is 24.0 Å². The van der Waals surface area contributed by atoms with Crippen molar-refractivity contribution < 1.29 is 0 Å². The van der Waals surface area contributed by atoms with Crippen LogP contribution in [-0.2, 0) is 6.54 Å². The third kappa shape index (κ3) is 2.06. The number of imidazole rings is 1. The number of alkyl halides is 1. The Kier molecular flexibility index (Phi) is 3.12. The minimum absolute atomic E-state index is 1.06. The van der Waals surface area contributed by atoms with Gasteiger partial charge in [-0.05, 0) is 20.3 Å². The highest BCUT2D eigenvalue weighted by Gasteiger charge is 1.99. The molecule has 2 nitrogen and oxygen atoms in total. The van der Waals surface area contributed by atoms with Gasteiger partial charge in [0.2, 0.25) is 0 Å². The van der Waals surface area contributed by atoms with E-state index in [1.165, 1.54) is 5.69 Å². The standard InChI is InChI=1S/C8H13BrN2/c1-7-8(2)11(6-10-7)5-3-4-9/h6H,3-5H2,1-2H3. The van der Waals surface area contributed by atoms with Gasteiger partial charge in [0.15, 0.2) is 0 Å². The first-order valence-electron chi connectivity index (χ1n) is 3.80. The molecule has 0 fully saturated rings. The molecule has 0 aliphatic carbocycles. The molecule has 0 spiro atoms. The first-order valence-corrected chi connectivity index (χ1v) is 4.92. The van der Waals surface area contributed by atoms with E-state index in [4.69, 9.17) is 0 Å². The fourth-order valence-electron chi connectivity index (χ4n) is 1.000. The second-order valence-electron chi connectivity index (χ2n) is 2.65. The van der Waals surface area contributed by atoms with E-state index in [1.807, 2.05) is 13.3 Å². The van der Waals surface area contributed by atoms with Crippen LogP contribution < -0.4 is 0 Å². The Morgan fingerprint density at radius 2 is 2.27 bits per heavy atom. The van der Waals surface area contributed by atoms with Crippen LogP contribution in [0.5, 0.6) is 0 Å². The molecular formula is C8H13BrN2. The maximum atomic E-state index is 4.22. The highest BCUT2D eigenvalue weighted by Crippen LogP contribution is 2.05. The molecule has 0 unspecified atom stereocenters. The molecule has 0 N–H and O–H groups in total. The lowest BCUT2D eigenvalue weighted by Crippen LogP contribution is -1.99. The van der Waals surface area contributed by atoms with Crippen molar-refractivity contribution in [3.8, 4) is 0 Å². The lowest BCUT2D eigenvalue weighted by atomic mass is 10.3. The molecule has 1 rings (SSSR count). The molecule has 1 aromatic heterocycles. The van der Waals surface area contributed by atoms with Crippen molar-refractivity contribution in [3.63, 3.8) is 0 Å². The zero-order chi connectivity index (χ0) is 8.27. The highest BCUT2D eigenvalue weighted by molar-refractivity contribution is 9.09. The molecule has 0 aromatic carbocycles. The highest BCUT2D eigenvalue weighted by atomic mass is 79.9. The van der Waals surface area contributed by atoms with Crippen LogP contribution in [0, 0.1) is 13.8 Å². The molecule has 62 valence electrons. The zero-order valence-corrected chi connectivity index (χ0v) is 8.56. The van der Waals surface area contributed by atoms with Crippen LogP contribution in [0.4, 0.5) is 0 Å². The van der Waals surface area contributed by atoms with Gasteiger partial charge in [0.25, 0.3) is 0 Å². The Morgan fingerprint density at radius 1 is 1.55 bits per heavy atom. The van der Waals surface area contributed by atoms with Crippen LogP contribution in [0.1, 0.15) is 17.8 Å². The maximum absolute atomic E-state index is 4.22. The van der Waals surface area contributed by atoms with Crippen LogP contribution in [0.3, 0.4) is 0 Å². The number of halogens is 1. The summed E-state index contributed by atoms with van der Waals surface area (Å²) in [6.07, 6.45) is 3.07. The molecule has 0 bridgehead atoms. The van der Waals surface area contributed by atoms with Crippen molar-refractivity contribution in [1.82, 2.24) is 9.55 Å². The normalized spacial score (nSPS) is 10.5. The van der Waals surface area contributed by atoms with E-state index < -0.39 is 0 Å².